The lowest BCUT2D eigenvalue weighted by Gasteiger charge is -2.26. The second-order valence-electron chi connectivity index (χ2n) is 5.49. The van der Waals surface area contributed by atoms with Gasteiger partial charge < -0.3 is 15.2 Å². The molecular weight excluding hydrogens is 254 g/mol. The molecule has 0 aliphatic rings. The summed E-state index contributed by atoms with van der Waals surface area (Å²) in [6, 6.07) is 9.16. The van der Waals surface area contributed by atoms with Crippen molar-refractivity contribution >= 4 is 5.97 Å². The van der Waals surface area contributed by atoms with Crippen molar-refractivity contribution in [2.75, 3.05) is 6.61 Å². The fourth-order valence-corrected chi connectivity index (χ4v) is 1.79. The average Bonchev–Trinajstić information content (AvgIpc) is 2.39. The number of nitrogens with two attached hydrogens (primary N) is 1. The SMILES string of the molecule is CC(C)CO[C@H](c1ccccc1)[C@H](C)OC(=O)[C@H](C)N. The topological polar surface area (TPSA) is 61.5 Å². The molecule has 1 aromatic carbocycles. The van der Waals surface area contributed by atoms with Gasteiger partial charge in [-0.15, -0.1) is 0 Å². The minimum absolute atomic E-state index is 0.277. The number of carbonyl (C=O) groups is 1. The van der Waals surface area contributed by atoms with Gasteiger partial charge in [0.05, 0.1) is 0 Å². The Morgan fingerprint density at radius 2 is 1.75 bits per heavy atom. The number of hydrogen-bond acceptors (Lipinski definition) is 4. The molecule has 0 saturated carbocycles. The van der Waals surface area contributed by atoms with E-state index in [0.29, 0.717) is 12.5 Å². The molecule has 20 heavy (non-hydrogen) atoms. The minimum Gasteiger partial charge on any atom is -0.458 e. The summed E-state index contributed by atoms with van der Waals surface area (Å²) in [6.07, 6.45) is -0.657. The molecule has 0 bridgehead atoms. The molecule has 0 unspecified atom stereocenters. The van der Waals surface area contributed by atoms with Crippen LogP contribution in [0.5, 0.6) is 0 Å². The van der Waals surface area contributed by atoms with Crippen LogP contribution in [0.2, 0.25) is 0 Å². The van der Waals surface area contributed by atoms with Crippen LogP contribution in [-0.2, 0) is 14.3 Å². The third-order valence-corrected chi connectivity index (χ3v) is 2.84. The van der Waals surface area contributed by atoms with Gasteiger partial charge in [-0.25, -0.2) is 0 Å². The molecule has 0 radical (unpaired) electrons. The third-order valence-electron chi connectivity index (χ3n) is 2.84. The van der Waals surface area contributed by atoms with E-state index in [-0.39, 0.29) is 12.2 Å². The lowest BCUT2D eigenvalue weighted by molar-refractivity contribution is -0.158. The van der Waals surface area contributed by atoms with Gasteiger partial charge in [0.2, 0.25) is 0 Å². The predicted molar refractivity (Wildman–Crippen MR) is 79.2 cm³/mol. The third kappa shape index (κ3) is 5.31. The molecule has 3 atom stereocenters. The van der Waals surface area contributed by atoms with E-state index in [1.54, 1.807) is 6.92 Å². The summed E-state index contributed by atoms with van der Waals surface area (Å²) >= 11 is 0. The molecule has 112 valence electrons. The highest BCUT2D eigenvalue weighted by Crippen LogP contribution is 2.24. The van der Waals surface area contributed by atoms with E-state index in [4.69, 9.17) is 15.2 Å². The van der Waals surface area contributed by atoms with Crippen LogP contribution in [0.3, 0.4) is 0 Å². The molecule has 0 aromatic heterocycles. The summed E-state index contributed by atoms with van der Waals surface area (Å²) < 4.78 is 11.3. The van der Waals surface area contributed by atoms with Crippen molar-refractivity contribution in [2.45, 2.75) is 45.9 Å². The van der Waals surface area contributed by atoms with E-state index in [1.807, 2.05) is 37.3 Å². The van der Waals surface area contributed by atoms with Crippen molar-refractivity contribution in [3.8, 4) is 0 Å². The largest absolute Gasteiger partial charge is 0.458 e. The van der Waals surface area contributed by atoms with Crippen LogP contribution in [-0.4, -0.2) is 24.7 Å². The normalized spacial score (nSPS) is 15.7. The average molecular weight is 279 g/mol. The Morgan fingerprint density at radius 1 is 1.15 bits per heavy atom. The van der Waals surface area contributed by atoms with Crippen molar-refractivity contribution in [3.63, 3.8) is 0 Å². The number of hydrogen-bond donors (Lipinski definition) is 1. The summed E-state index contributed by atoms with van der Waals surface area (Å²) in [4.78, 5) is 11.6. The fourth-order valence-electron chi connectivity index (χ4n) is 1.79. The van der Waals surface area contributed by atoms with Crippen LogP contribution in [0.15, 0.2) is 30.3 Å². The van der Waals surface area contributed by atoms with Crippen LogP contribution < -0.4 is 5.73 Å². The van der Waals surface area contributed by atoms with E-state index in [0.717, 1.165) is 5.56 Å². The molecule has 4 nitrogen and oxygen atoms in total. The highest BCUT2D eigenvalue weighted by Gasteiger charge is 2.25. The highest BCUT2D eigenvalue weighted by atomic mass is 16.6. The first-order chi connectivity index (χ1) is 9.41. The summed E-state index contributed by atoms with van der Waals surface area (Å²) in [6.45, 7) is 8.22. The zero-order chi connectivity index (χ0) is 15.1. The number of benzene rings is 1. The molecule has 0 fully saturated rings. The quantitative estimate of drug-likeness (QED) is 0.779. The van der Waals surface area contributed by atoms with Crippen LogP contribution >= 0.6 is 0 Å². The Balaban J connectivity index is 2.79. The second kappa shape index (κ2) is 8.02. The van der Waals surface area contributed by atoms with Crippen molar-refractivity contribution in [1.29, 1.82) is 0 Å². The first-order valence-electron chi connectivity index (χ1n) is 7.04. The van der Waals surface area contributed by atoms with Gasteiger partial charge in [-0.3, -0.25) is 4.79 Å². The van der Waals surface area contributed by atoms with Gasteiger partial charge in [-0.1, -0.05) is 44.2 Å². The predicted octanol–water partition coefficient (Wildman–Crippen LogP) is 2.68. The lowest BCUT2D eigenvalue weighted by Crippen LogP contribution is -2.34. The first-order valence-corrected chi connectivity index (χ1v) is 7.04. The van der Waals surface area contributed by atoms with Gasteiger partial charge in [0, 0.05) is 6.61 Å². The first kappa shape index (κ1) is 16.7. The summed E-state index contributed by atoms with van der Waals surface area (Å²) in [5.41, 5.74) is 6.53. The van der Waals surface area contributed by atoms with E-state index in [9.17, 15) is 4.79 Å². The number of ether oxygens (including phenoxy) is 2. The van der Waals surface area contributed by atoms with Crippen molar-refractivity contribution in [3.05, 3.63) is 35.9 Å². The van der Waals surface area contributed by atoms with Crippen LogP contribution in [0.25, 0.3) is 0 Å². The zero-order valence-electron chi connectivity index (χ0n) is 12.7. The maximum atomic E-state index is 11.6. The van der Waals surface area contributed by atoms with E-state index in [2.05, 4.69) is 13.8 Å². The number of esters is 1. The molecule has 1 rings (SSSR count). The molecule has 2 N–H and O–H groups in total. The van der Waals surface area contributed by atoms with E-state index in [1.165, 1.54) is 0 Å². The Hall–Kier alpha value is -1.39. The van der Waals surface area contributed by atoms with Crippen molar-refractivity contribution in [2.24, 2.45) is 11.7 Å². The van der Waals surface area contributed by atoms with Gasteiger partial charge in [0.25, 0.3) is 0 Å². The Kier molecular flexibility index (Phi) is 6.68. The molecule has 4 heteroatoms. The zero-order valence-corrected chi connectivity index (χ0v) is 12.7. The second-order valence-corrected chi connectivity index (χ2v) is 5.49. The van der Waals surface area contributed by atoms with Gasteiger partial charge in [0.15, 0.2) is 0 Å². The monoisotopic (exact) mass is 279 g/mol. The highest BCUT2D eigenvalue weighted by molar-refractivity contribution is 5.75. The number of rotatable bonds is 7. The molecular formula is C16H25NO3. The Labute approximate surface area is 121 Å². The molecule has 1 aromatic rings. The fraction of sp³-hybridized carbons (Fsp3) is 0.562. The van der Waals surface area contributed by atoms with Crippen LogP contribution in [0.1, 0.15) is 39.4 Å². The van der Waals surface area contributed by atoms with Gasteiger partial charge in [0.1, 0.15) is 18.2 Å². The standard InChI is InChI=1S/C16H25NO3/c1-11(2)10-19-15(14-8-6-5-7-9-14)13(4)20-16(18)12(3)17/h5-9,11-13,15H,10,17H2,1-4H3/t12-,13-,15-/m0/s1. The van der Waals surface area contributed by atoms with Gasteiger partial charge >= 0.3 is 5.97 Å². The summed E-state index contributed by atoms with van der Waals surface area (Å²) in [7, 11) is 0. The van der Waals surface area contributed by atoms with Gasteiger partial charge in [-0.2, -0.15) is 0 Å². The smallest absolute Gasteiger partial charge is 0.322 e. The van der Waals surface area contributed by atoms with Crippen LogP contribution in [0.4, 0.5) is 0 Å². The van der Waals surface area contributed by atoms with E-state index >= 15 is 0 Å². The van der Waals surface area contributed by atoms with Gasteiger partial charge in [-0.05, 0) is 25.3 Å². The minimum atomic E-state index is -0.626. The molecule has 0 amide bonds. The van der Waals surface area contributed by atoms with Crippen molar-refractivity contribution in [1.82, 2.24) is 0 Å². The summed E-state index contributed by atoms with van der Waals surface area (Å²) in [5, 5.41) is 0. The molecule has 0 heterocycles. The Bertz CT molecular complexity index is 403. The Morgan fingerprint density at radius 3 is 2.25 bits per heavy atom. The maximum Gasteiger partial charge on any atom is 0.322 e. The molecule has 0 saturated heterocycles. The summed E-state index contributed by atoms with van der Waals surface area (Å²) in [5.74, 6) is 0.00382. The molecule has 0 spiro atoms. The lowest BCUT2D eigenvalue weighted by atomic mass is 10.0. The maximum absolute atomic E-state index is 11.6. The number of carbonyl (C=O) groups excluding carboxylic acids is 1. The molecule has 0 aliphatic carbocycles. The van der Waals surface area contributed by atoms with Crippen molar-refractivity contribution < 1.29 is 14.3 Å². The van der Waals surface area contributed by atoms with Crippen LogP contribution in [0, 0.1) is 5.92 Å². The molecule has 0 aliphatic heterocycles. The van der Waals surface area contributed by atoms with E-state index < -0.39 is 12.0 Å².